The van der Waals surface area contributed by atoms with Crippen molar-refractivity contribution in [3.05, 3.63) is 65.2 Å². The maximum atomic E-state index is 13.9. The lowest BCUT2D eigenvalue weighted by Crippen LogP contribution is -2.37. The first-order chi connectivity index (χ1) is 17.1. The van der Waals surface area contributed by atoms with Gasteiger partial charge in [0.05, 0.1) is 5.92 Å². The van der Waals surface area contributed by atoms with Crippen LogP contribution in [0.3, 0.4) is 0 Å². The van der Waals surface area contributed by atoms with Crippen LogP contribution in [0.15, 0.2) is 48.5 Å². The van der Waals surface area contributed by atoms with Crippen molar-refractivity contribution in [3.63, 3.8) is 0 Å². The first-order valence-electron chi connectivity index (χ1n) is 13.9. The molecular weight excluding hydrogens is 434 g/mol. The molecule has 1 heterocycles. The van der Waals surface area contributed by atoms with Gasteiger partial charge in [-0.2, -0.15) is 0 Å². The molecule has 0 saturated carbocycles. The number of hydrogen-bond acceptors (Lipinski definition) is 3. The number of benzene rings is 2. The normalized spacial score (nSPS) is 20.0. The predicted octanol–water partition coefficient (Wildman–Crippen LogP) is 7.37. The number of rotatable bonds is 11. The van der Waals surface area contributed by atoms with Gasteiger partial charge in [-0.1, -0.05) is 63.1 Å². The third kappa shape index (κ3) is 7.17. The van der Waals surface area contributed by atoms with Crippen LogP contribution in [0.2, 0.25) is 0 Å². The summed E-state index contributed by atoms with van der Waals surface area (Å²) in [5, 5.41) is 0. The van der Waals surface area contributed by atoms with E-state index in [0.717, 1.165) is 83.2 Å². The Balaban J connectivity index is 1.35. The molecule has 1 saturated heterocycles. The zero-order chi connectivity index (χ0) is 24.5. The minimum absolute atomic E-state index is 0.00375. The van der Waals surface area contributed by atoms with Crippen molar-refractivity contribution in [2.24, 2.45) is 0 Å². The van der Waals surface area contributed by atoms with Gasteiger partial charge in [-0.05, 0) is 86.1 Å². The molecule has 190 valence electrons. The number of anilines is 1. The van der Waals surface area contributed by atoms with Crippen molar-refractivity contribution in [1.82, 2.24) is 0 Å². The highest BCUT2D eigenvalue weighted by Crippen LogP contribution is 2.34. The third-order valence-electron chi connectivity index (χ3n) is 7.52. The van der Waals surface area contributed by atoms with Gasteiger partial charge in [0.15, 0.2) is 6.29 Å². The lowest BCUT2D eigenvalue weighted by Gasteiger charge is -2.31. The molecule has 1 amide bonds. The molecule has 35 heavy (non-hydrogen) atoms. The Morgan fingerprint density at radius 2 is 1.77 bits per heavy atom. The van der Waals surface area contributed by atoms with E-state index < -0.39 is 0 Å². The zero-order valence-corrected chi connectivity index (χ0v) is 21.7. The van der Waals surface area contributed by atoms with Crippen LogP contribution >= 0.6 is 0 Å². The molecular formula is C31H43NO3. The molecule has 0 N–H and O–H groups in total. The van der Waals surface area contributed by atoms with Crippen LogP contribution in [0, 0.1) is 0 Å². The maximum absolute atomic E-state index is 13.9. The Morgan fingerprint density at radius 1 is 0.971 bits per heavy atom. The Labute approximate surface area is 212 Å². The fourth-order valence-corrected chi connectivity index (χ4v) is 5.39. The highest BCUT2D eigenvalue weighted by molar-refractivity contribution is 5.98. The van der Waals surface area contributed by atoms with Crippen LogP contribution in [-0.4, -0.2) is 32.0 Å². The summed E-state index contributed by atoms with van der Waals surface area (Å²) in [6, 6.07) is 17.2. The van der Waals surface area contributed by atoms with Crippen LogP contribution in [0.5, 0.6) is 0 Å². The summed E-state index contributed by atoms with van der Waals surface area (Å²) >= 11 is 0. The Hall–Kier alpha value is -2.17. The summed E-state index contributed by atoms with van der Waals surface area (Å²) < 4.78 is 11.5. The predicted molar refractivity (Wildman–Crippen MR) is 143 cm³/mol. The smallest absolute Gasteiger partial charge is 0.234 e. The van der Waals surface area contributed by atoms with E-state index in [4.69, 9.17) is 9.47 Å². The lowest BCUT2D eigenvalue weighted by atomic mass is 9.82. The van der Waals surface area contributed by atoms with Gasteiger partial charge in [0, 0.05) is 25.4 Å². The summed E-state index contributed by atoms with van der Waals surface area (Å²) in [5.41, 5.74) is 4.91. The van der Waals surface area contributed by atoms with Crippen molar-refractivity contribution in [2.75, 3.05) is 24.7 Å². The van der Waals surface area contributed by atoms with Crippen molar-refractivity contribution in [3.8, 4) is 0 Å². The Morgan fingerprint density at radius 3 is 2.54 bits per heavy atom. The number of carbonyl (C=O) groups is 1. The number of nitrogens with zero attached hydrogens (tertiary/aromatic N) is 1. The number of amides is 1. The number of hydrogen-bond donors (Lipinski definition) is 0. The largest absolute Gasteiger partial charge is 0.353 e. The van der Waals surface area contributed by atoms with Gasteiger partial charge in [0.1, 0.15) is 0 Å². The minimum Gasteiger partial charge on any atom is -0.353 e. The van der Waals surface area contributed by atoms with Crippen LogP contribution in [-0.2, 0) is 20.7 Å². The average molecular weight is 478 g/mol. The Kier molecular flexibility index (Phi) is 9.79. The van der Waals surface area contributed by atoms with Crippen molar-refractivity contribution < 1.29 is 14.3 Å². The molecule has 0 radical (unpaired) electrons. The van der Waals surface area contributed by atoms with Gasteiger partial charge < -0.3 is 14.4 Å². The lowest BCUT2D eigenvalue weighted by molar-refractivity contribution is -0.162. The molecule has 4 rings (SSSR count). The summed E-state index contributed by atoms with van der Waals surface area (Å²) in [4.78, 5) is 16.0. The number of unbranched alkanes of at least 4 members (excludes halogenated alkanes) is 3. The topological polar surface area (TPSA) is 38.8 Å². The summed E-state index contributed by atoms with van der Waals surface area (Å²) in [7, 11) is 0. The van der Waals surface area contributed by atoms with E-state index in [9.17, 15) is 4.79 Å². The second-order valence-electron chi connectivity index (χ2n) is 10.5. The van der Waals surface area contributed by atoms with E-state index in [2.05, 4.69) is 67.3 Å². The molecule has 2 unspecified atom stereocenters. The van der Waals surface area contributed by atoms with E-state index >= 15 is 0 Å². The first-order valence-corrected chi connectivity index (χ1v) is 13.9. The van der Waals surface area contributed by atoms with E-state index in [-0.39, 0.29) is 18.1 Å². The second-order valence-corrected chi connectivity index (χ2v) is 10.5. The van der Waals surface area contributed by atoms with Gasteiger partial charge in [-0.3, -0.25) is 4.79 Å². The quantitative estimate of drug-likeness (QED) is 0.317. The van der Waals surface area contributed by atoms with E-state index in [1.54, 1.807) is 0 Å². The summed E-state index contributed by atoms with van der Waals surface area (Å²) in [6.07, 6.45) is 10.8. The maximum Gasteiger partial charge on any atom is 0.234 e. The molecule has 4 heteroatoms. The van der Waals surface area contributed by atoms with Crippen LogP contribution in [0.4, 0.5) is 5.69 Å². The average Bonchev–Trinajstić information content (AvgIpc) is 2.90. The van der Waals surface area contributed by atoms with Gasteiger partial charge in [-0.15, -0.1) is 0 Å². The molecule has 2 aromatic carbocycles. The van der Waals surface area contributed by atoms with Crippen LogP contribution < -0.4 is 4.90 Å². The van der Waals surface area contributed by atoms with E-state index in [1.807, 2.05) is 0 Å². The number of aryl methyl sites for hydroxylation is 1. The first kappa shape index (κ1) is 25.9. The monoisotopic (exact) mass is 477 g/mol. The summed E-state index contributed by atoms with van der Waals surface area (Å²) in [5.74, 6) is 0.709. The van der Waals surface area contributed by atoms with Gasteiger partial charge >= 0.3 is 0 Å². The SMILES string of the molecule is CC(C)c1ccc(N(CCCCCCOC2CCCCO2)C(=O)C2CCCc3ccccc32)cc1. The highest BCUT2D eigenvalue weighted by Gasteiger charge is 2.30. The molecule has 1 aliphatic carbocycles. The van der Waals surface area contributed by atoms with Gasteiger partial charge in [0.25, 0.3) is 0 Å². The molecule has 0 bridgehead atoms. The van der Waals surface area contributed by atoms with Gasteiger partial charge in [-0.25, -0.2) is 0 Å². The van der Waals surface area contributed by atoms with Crippen molar-refractivity contribution in [2.45, 2.75) is 96.2 Å². The van der Waals surface area contributed by atoms with Crippen LogP contribution in [0.25, 0.3) is 0 Å². The summed E-state index contributed by atoms with van der Waals surface area (Å²) in [6.45, 7) is 6.79. The minimum atomic E-state index is -0.0337. The molecule has 2 atom stereocenters. The number of fused-ring (bicyclic) bond motifs is 1. The van der Waals surface area contributed by atoms with Crippen molar-refractivity contribution >= 4 is 11.6 Å². The fraction of sp³-hybridized carbons (Fsp3) is 0.581. The third-order valence-corrected chi connectivity index (χ3v) is 7.52. The Bertz CT molecular complexity index is 917. The molecule has 2 aliphatic rings. The standard InChI is InChI=1S/C31H43NO3/c1-24(2)25-17-19-27(20-18-25)32(21-8-3-4-9-22-34-30-16-7-10-23-35-30)31(33)29-15-11-13-26-12-5-6-14-28(26)29/h5-6,12,14,17-20,24,29-30H,3-4,7-11,13,15-16,21-23H2,1-2H3. The fourth-order valence-electron chi connectivity index (χ4n) is 5.39. The molecule has 1 fully saturated rings. The number of ether oxygens (including phenoxy) is 2. The number of carbonyl (C=O) groups excluding carboxylic acids is 1. The molecule has 4 nitrogen and oxygen atoms in total. The van der Waals surface area contributed by atoms with Crippen LogP contribution in [0.1, 0.15) is 100 Å². The van der Waals surface area contributed by atoms with Gasteiger partial charge in [0.2, 0.25) is 5.91 Å². The highest BCUT2D eigenvalue weighted by atomic mass is 16.7. The van der Waals surface area contributed by atoms with Crippen molar-refractivity contribution in [1.29, 1.82) is 0 Å². The molecule has 2 aromatic rings. The molecule has 1 aliphatic heterocycles. The van der Waals surface area contributed by atoms with E-state index in [0.29, 0.717) is 5.92 Å². The molecule has 0 aromatic heterocycles. The molecule has 0 spiro atoms. The second kappa shape index (κ2) is 13.2. The van der Waals surface area contributed by atoms with E-state index in [1.165, 1.54) is 23.1 Å². The zero-order valence-electron chi connectivity index (χ0n) is 21.7.